The number of nitrogens with one attached hydrogen (secondary N) is 1. The van der Waals surface area contributed by atoms with Crippen molar-refractivity contribution in [3.8, 4) is 0 Å². The molecule has 0 aromatic heterocycles. The van der Waals surface area contributed by atoms with Crippen molar-refractivity contribution in [2.24, 2.45) is 0 Å². The summed E-state index contributed by atoms with van der Waals surface area (Å²) in [5.41, 5.74) is -0.118. The second-order valence-corrected chi connectivity index (χ2v) is 5.81. The Morgan fingerprint density at radius 1 is 1.35 bits per heavy atom. The summed E-state index contributed by atoms with van der Waals surface area (Å²) in [5.74, 6) is -1.75. The highest BCUT2D eigenvalue weighted by molar-refractivity contribution is 6.31. The van der Waals surface area contributed by atoms with Crippen LogP contribution in [0, 0.1) is 5.82 Å². The van der Waals surface area contributed by atoms with Gasteiger partial charge in [-0.05, 0) is 26.0 Å². The van der Waals surface area contributed by atoms with Crippen LogP contribution in [0.5, 0.6) is 0 Å². The van der Waals surface area contributed by atoms with Gasteiger partial charge in [-0.3, -0.25) is 0 Å². The van der Waals surface area contributed by atoms with Crippen LogP contribution in [0.4, 0.5) is 14.9 Å². The van der Waals surface area contributed by atoms with Crippen molar-refractivity contribution < 1.29 is 23.5 Å². The third-order valence-electron chi connectivity index (χ3n) is 3.39. The topological polar surface area (TPSA) is 67.9 Å². The molecule has 1 aromatic carbocycles. The largest absolute Gasteiger partial charge is 0.465 e. The van der Waals surface area contributed by atoms with Gasteiger partial charge in [0.25, 0.3) is 0 Å². The van der Waals surface area contributed by atoms with E-state index in [9.17, 15) is 14.0 Å². The fourth-order valence-electron chi connectivity index (χ4n) is 2.47. The molecule has 6 nitrogen and oxygen atoms in total. The van der Waals surface area contributed by atoms with E-state index in [4.69, 9.17) is 16.3 Å². The third kappa shape index (κ3) is 4.11. The van der Waals surface area contributed by atoms with E-state index in [1.807, 2.05) is 13.8 Å². The minimum atomic E-state index is -0.884. The number of anilines is 1. The lowest BCUT2D eigenvalue weighted by atomic mass is 10.2. The quantitative estimate of drug-likeness (QED) is 0.838. The van der Waals surface area contributed by atoms with E-state index < -0.39 is 11.8 Å². The van der Waals surface area contributed by atoms with E-state index in [0.29, 0.717) is 13.1 Å². The maximum Gasteiger partial charge on any atom is 0.340 e. The van der Waals surface area contributed by atoms with Gasteiger partial charge in [0.15, 0.2) is 5.82 Å². The Balaban J connectivity index is 2.18. The number of esters is 1. The first-order valence-electron chi connectivity index (χ1n) is 7.10. The number of rotatable bonds is 2. The molecule has 0 unspecified atom stereocenters. The van der Waals surface area contributed by atoms with Gasteiger partial charge < -0.3 is 19.7 Å². The average Bonchev–Trinajstić information content (AvgIpc) is 2.48. The molecule has 126 valence electrons. The Morgan fingerprint density at radius 3 is 2.52 bits per heavy atom. The van der Waals surface area contributed by atoms with E-state index in [1.165, 1.54) is 12.1 Å². The first-order chi connectivity index (χ1) is 10.8. The molecule has 1 aliphatic rings. The molecule has 2 amide bonds. The second-order valence-electron chi connectivity index (χ2n) is 5.40. The van der Waals surface area contributed by atoms with Crippen molar-refractivity contribution in [1.82, 2.24) is 4.90 Å². The van der Waals surface area contributed by atoms with Crippen molar-refractivity contribution in [2.75, 3.05) is 25.5 Å². The standard InChI is InChI=1S/C15H18ClFN2O4/c1-8-6-19(7-9(2)23-8)15(21)18-10-4-11(14(20)22-3)13(17)12(16)5-10/h4-5,8-9H,6-7H2,1-3H3,(H,18,21)/t8-,9-/m1/s1. The zero-order valence-corrected chi connectivity index (χ0v) is 13.8. The number of hydrogen-bond donors (Lipinski definition) is 1. The first-order valence-corrected chi connectivity index (χ1v) is 7.48. The lowest BCUT2D eigenvalue weighted by Gasteiger charge is -2.35. The third-order valence-corrected chi connectivity index (χ3v) is 3.67. The minimum absolute atomic E-state index is 0.0769. The van der Waals surface area contributed by atoms with E-state index in [0.717, 1.165) is 7.11 Å². The number of urea groups is 1. The van der Waals surface area contributed by atoms with Gasteiger partial charge in [-0.15, -0.1) is 0 Å². The van der Waals surface area contributed by atoms with Crippen LogP contribution in [0.25, 0.3) is 0 Å². The van der Waals surface area contributed by atoms with Crippen LogP contribution in [0.3, 0.4) is 0 Å². The lowest BCUT2D eigenvalue weighted by Crippen LogP contribution is -2.49. The highest BCUT2D eigenvalue weighted by atomic mass is 35.5. The summed E-state index contributed by atoms with van der Waals surface area (Å²) in [6.07, 6.45) is -0.154. The molecule has 0 saturated carbocycles. The van der Waals surface area contributed by atoms with Crippen molar-refractivity contribution >= 4 is 29.3 Å². The Labute approximate surface area is 138 Å². The number of morpholine rings is 1. The second kappa shape index (κ2) is 7.14. The maximum atomic E-state index is 13.8. The van der Waals surface area contributed by atoms with Gasteiger partial charge in [0.1, 0.15) is 0 Å². The minimum Gasteiger partial charge on any atom is -0.465 e. The zero-order valence-electron chi connectivity index (χ0n) is 13.1. The summed E-state index contributed by atoms with van der Waals surface area (Å²) in [6, 6.07) is 2.07. The summed E-state index contributed by atoms with van der Waals surface area (Å²) >= 11 is 5.77. The Bertz CT molecular complexity index is 616. The van der Waals surface area contributed by atoms with Crippen LogP contribution >= 0.6 is 11.6 Å². The predicted molar refractivity (Wildman–Crippen MR) is 83.4 cm³/mol. The highest BCUT2D eigenvalue weighted by Crippen LogP contribution is 2.25. The molecule has 0 radical (unpaired) electrons. The number of ether oxygens (including phenoxy) is 2. The Kier molecular flexibility index (Phi) is 5.43. The number of amides is 2. The first kappa shape index (κ1) is 17.5. The monoisotopic (exact) mass is 344 g/mol. The average molecular weight is 345 g/mol. The Morgan fingerprint density at radius 2 is 1.96 bits per heavy atom. The van der Waals surface area contributed by atoms with Crippen LogP contribution in [-0.2, 0) is 9.47 Å². The number of carbonyl (C=O) groups is 2. The molecule has 2 atom stereocenters. The van der Waals surface area contributed by atoms with Crippen LogP contribution in [0.2, 0.25) is 5.02 Å². The summed E-state index contributed by atoms with van der Waals surface area (Å²) in [7, 11) is 1.14. The van der Waals surface area contributed by atoms with E-state index in [1.54, 1.807) is 4.90 Å². The molecule has 8 heteroatoms. The molecule has 1 saturated heterocycles. The molecule has 1 fully saturated rings. The fourth-order valence-corrected chi connectivity index (χ4v) is 2.69. The number of hydrogen-bond acceptors (Lipinski definition) is 4. The highest BCUT2D eigenvalue weighted by Gasteiger charge is 2.26. The summed E-state index contributed by atoms with van der Waals surface area (Å²) in [6.45, 7) is 4.63. The molecule has 23 heavy (non-hydrogen) atoms. The Hall–Kier alpha value is -1.86. The van der Waals surface area contributed by atoms with Gasteiger partial charge in [-0.2, -0.15) is 0 Å². The van der Waals surface area contributed by atoms with E-state index >= 15 is 0 Å². The normalized spacial score (nSPS) is 21.0. The molecule has 0 spiro atoms. The molecule has 0 aliphatic carbocycles. The van der Waals surface area contributed by atoms with Crippen molar-refractivity contribution in [1.29, 1.82) is 0 Å². The molecular formula is C15H18ClFN2O4. The summed E-state index contributed by atoms with van der Waals surface area (Å²) in [4.78, 5) is 25.5. The number of halogens is 2. The zero-order chi connectivity index (χ0) is 17.1. The molecule has 2 rings (SSSR count). The van der Waals surface area contributed by atoms with Crippen molar-refractivity contribution in [3.63, 3.8) is 0 Å². The predicted octanol–water partition coefficient (Wildman–Crippen LogP) is 2.91. The van der Waals surface area contributed by atoms with Gasteiger partial charge in [-0.25, -0.2) is 14.0 Å². The van der Waals surface area contributed by atoms with Crippen molar-refractivity contribution in [3.05, 3.63) is 28.5 Å². The molecule has 1 N–H and O–H groups in total. The van der Waals surface area contributed by atoms with E-state index in [2.05, 4.69) is 10.1 Å². The number of benzene rings is 1. The molecule has 1 aromatic rings. The smallest absolute Gasteiger partial charge is 0.340 e. The molecule has 1 heterocycles. The van der Waals surface area contributed by atoms with Crippen LogP contribution < -0.4 is 5.32 Å². The van der Waals surface area contributed by atoms with Gasteiger partial charge >= 0.3 is 12.0 Å². The van der Waals surface area contributed by atoms with Gasteiger partial charge in [0, 0.05) is 18.8 Å². The van der Waals surface area contributed by atoms with Crippen LogP contribution in [0.1, 0.15) is 24.2 Å². The molecular weight excluding hydrogens is 327 g/mol. The van der Waals surface area contributed by atoms with E-state index in [-0.39, 0.29) is 34.5 Å². The molecule has 1 aliphatic heterocycles. The maximum absolute atomic E-state index is 13.8. The van der Waals surface area contributed by atoms with Crippen molar-refractivity contribution in [2.45, 2.75) is 26.1 Å². The van der Waals surface area contributed by atoms with Crippen LogP contribution in [-0.4, -0.2) is 49.3 Å². The number of carbonyl (C=O) groups excluding carboxylic acids is 2. The van der Waals surface area contributed by atoms with Gasteiger partial charge in [-0.1, -0.05) is 11.6 Å². The van der Waals surface area contributed by atoms with Gasteiger partial charge in [0.05, 0.1) is 29.9 Å². The molecule has 0 bridgehead atoms. The SMILES string of the molecule is COC(=O)c1cc(NC(=O)N2C[C@@H](C)O[C@H](C)C2)cc(Cl)c1F. The fraction of sp³-hybridized carbons (Fsp3) is 0.467. The lowest BCUT2D eigenvalue weighted by molar-refractivity contribution is -0.0530. The number of nitrogens with zero attached hydrogens (tertiary/aromatic N) is 1. The van der Waals surface area contributed by atoms with Crippen LogP contribution in [0.15, 0.2) is 12.1 Å². The van der Waals surface area contributed by atoms with Gasteiger partial charge in [0.2, 0.25) is 0 Å². The summed E-state index contributed by atoms with van der Waals surface area (Å²) in [5, 5.41) is 2.34. The summed E-state index contributed by atoms with van der Waals surface area (Å²) < 4.78 is 23.9. The number of methoxy groups -OCH3 is 1.